The number of ether oxygens (including phenoxy) is 1. The summed E-state index contributed by atoms with van der Waals surface area (Å²) in [6, 6.07) is 6.31. The Morgan fingerprint density at radius 2 is 2.10 bits per heavy atom. The number of carboxylic acid groups (broad SMARTS) is 1. The molecule has 1 aromatic carbocycles. The van der Waals surface area contributed by atoms with Gasteiger partial charge in [0.2, 0.25) is 6.39 Å². The number of hydrogen-bond donors (Lipinski definition) is 2. The number of aromatic nitrogens is 2. The van der Waals surface area contributed by atoms with Gasteiger partial charge >= 0.3 is 5.97 Å². The molecule has 0 saturated heterocycles. The maximum Gasteiger partial charge on any atom is 0.335 e. The first kappa shape index (κ1) is 14.0. The molecule has 106 valence electrons. The molecule has 0 atom stereocenters. The molecule has 0 bridgehead atoms. The van der Waals surface area contributed by atoms with Crippen molar-refractivity contribution in [3.05, 3.63) is 42.0 Å². The van der Waals surface area contributed by atoms with Crippen LogP contribution in [0.3, 0.4) is 0 Å². The average molecular weight is 277 g/mol. The summed E-state index contributed by atoms with van der Waals surface area (Å²) < 4.78 is 10.1. The second-order valence-electron chi connectivity index (χ2n) is 4.03. The van der Waals surface area contributed by atoms with Crippen molar-refractivity contribution in [2.24, 2.45) is 0 Å². The number of aromatic carboxylic acids is 1. The van der Waals surface area contributed by atoms with Crippen molar-refractivity contribution >= 4 is 5.97 Å². The number of benzene rings is 1. The molecule has 2 aromatic rings. The Morgan fingerprint density at radius 3 is 2.75 bits per heavy atom. The summed E-state index contributed by atoms with van der Waals surface area (Å²) in [7, 11) is 0. The monoisotopic (exact) mass is 277 g/mol. The molecule has 0 aliphatic heterocycles. The highest BCUT2D eigenvalue weighted by Crippen LogP contribution is 2.11. The summed E-state index contributed by atoms with van der Waals surface area (Å²) in [5.41, 5.74) is 0.246. The van der Waals surface area contributed by atoms with Crippen molar-refractivity contribution in [1.82, 2.24) is 15.5 Å². The fourth-order valence-corrected chi connectivity index (χ4v) is 1.56. The lowest BCUT2D eigenvalue weighted by Gasteiger charge is -2.07. The molecule has 0 unspecified atom stereocenters. The molecule has 1 aromatic heterocycles. The van der Waals surface area contributed by atoms with E-state index in [0.29, 0.717) is 31.1 Å². The van der Waals surface area contributed by atoms with Gasteiger partial charge in [0.15, 0.2) is 5.82 Å². The molecule has 0 aliphatic carbocycles. The third-order valence-corrected chi connectivity index (χ3v) is 2.58. The minimum Gasteiger partial charge on any atom is -0.492 e. The van der Waals surface area contributed by atoms with E-state index in [2.05, 4.69) is 20.0 Å². The van der Waals surface area contributed by atoms with Crippen LogP contribution in [0, 0.1) is 0 Å². The Morgan fingerprint density at radius 1 is 1.30 bits per heavy atom. The van der Waals surface area contributed by atoms with E-state index in [9.17, 15) is 4.79 Å². The molecule has 0 saturated carbocycles. The van der Waals surface area contributed by atoms with Crippen molar-refractivity contribution in [2.45, 2.75) is 6.42 Å². The number of hydrogen-bond acceptors (Lipinski definition) is 6. The highest BCUT2D eigenvalue weighted by Gasteiger charge is 2.02. The van der Waals surface area contributed by atoms with Crippen LogP contribution in [-0.4, -0.2) is 40.9 Å². The third kappa shape index (κ3) is 4.36. The zero-order valence-electron chi connectivity index (χ0n) is 10.8. The molecule has 7 nitrogen and oxygen atoms in total. The number of nitrogens with zero attached hydrogens (tertiary/aromatic N) is 2. The van der Waals surface area contributed by atoms with Gasteiger partial charge in [-0.25, -0.2) is 4.79 Å². The highest BCUT2D eigenvalue weighted by atomic mass is 16.5. The van der Waals surface area contributed by atoms with Gasteiger partial charge in [0.1, 0.15) is 12.4 Å². The van der Waals surface area contributed by atoms with E-state index < -0.39 is 5.97 Å². The van der Waals surface area contributed by atoms with Crippen molar-refractivity contribution in [3.63, 3.8) is 0 Å². The Kier molecular flexibility index (Phi) is 5.08. The van der Waals surface area contributed by atoms with Gasteiger partial charge in [0.05, 0.1) is 5.56 Å². The molecule has 2 rings (SSSR count). The summed E-state index contributed by atoms with van der Waals surface area (Å²) in [5.74, 6) is 0.373. The van der Waals surface area contributed by atoms with Crippen LogP contribution in [0.15, 0.2) is 35.2 Å². The van der Waals surface area contributed by atoms with Gasteiger partial charge < -0.3 is 19.7 Å². The second-order valence-corrected chi connectivity index (χ2v) is 4.03. The predicted octanol–water partition coefficient (Wildman–Crippen LogP) is 0.979. The Balaban J connectivity index is 1.59. The smallest absolute Gasteiger partial charge is 0.335 e. The van der Waals surface area contributed by atoms with Crippen molar-refractivity contribution in [1.29, 1.82) is 0 Å². The number of carboxylic acids is 1. The molecule has 0 aliphatic rings. The molecule has 0 fully saturated rings. The Hall–Kier alpha value is -2.41. The van der Waals surface area contributed by atoms with Crippen LogP contribution in [0.25, 0.3) is 0 Å². The number of rotatable bonds is 8. The van der Waals surface area contributed by atoms with E-state index in [4.69, 9.17) is 9.84 Å². The normalized spacial score (nSPS) is 10.4. The van der Waals surface area contributed by atoms with E-state index in [0.717, 1.165) is 6.54 Å². The summed E-state index contributed by atoms with van der Waals surface area (Å²) in [4.78, 5) is 14.6. The van der Waals surface area contributed by atoms with Gasteiger partial charge in [0, 0.05) is 19.5 Å². The van der Waals surface area contributed by atoms with Crippen LogP contribution in [-0.2, 0) is 6.42 Å². The lowest BCUT2D eigenvalue weighted by Crippen LogP contribution is -2.23. The van der Waals surface area contributed by atoms with E-state index in [1.54, 1.807) is 12.1 Å². The summed E-state index contributed by atoms with van der Waals surface area (Å²) in [6.45, 7) is 1.91. The van der Waals surface area contributed by atoms with E-state index >= 15 is 0 Å². The first-order valence-corrected chi connectivity index (χ1v) is 6.18. The molecule has 1 heterocycles. The first-order valence-electron chi connectivity index (χ1n) is 6.18. The zero-order valence-corrected chi connectivity index (χ0v) is 10.8. The fraction of sp³-hybridized carbons (Fsp3) is 0.308. The molecule has 20 heavy (non-hydrogen) atoms. The summed E-state index contributed by atoms with van der Waals surface area (Å²) in [5, 5.41) is 15.6. The predicted molar refractivity (Wildman–Crippen MR) is 69.8 cm³/mol. The van der Waals surface area contributed by atoms with Crippen molar-refractivity contribution in [3.8, 4) is 5.75 Å². The van der Waals surface area contributed by atoms with Crippen molar-refractivity contribution < 1.29 is 19.2 Å². The maximum absolute atomic E-state index is 10.7. The first-order chi connectivity index (χ1) is 9.75. The van der Waals surface area contributed by atoms with Gasteiger partial charge in [-0.3, -0.25) is 0 Å². The van der Waals surface area contributed by atoms with Crippen LogP contribution < -0.4 is 10.1 Å². The number of nitrogens with one attached hydrogen (secondary N) is 1. The zero-order chi connectivity index (χ0) is 14.2. The fourth-order valence-electron chi connectivity index (χ4n) is 1.56. The minimum atomic E-state index is -0.945. The van der Waals surface area contributed by atoms with Gasteiger partial charge in [-0.1, -0.05) is 5.16 Å². The molecular weight excluding hydrogens is 262 g/mol. The molecule has 0 amide bonds. The molecule has 7 heteroatoms. The van der Waals surface area contributed by atoms with E-state index in [1.165, 1.54) is 18.5 Å². The average Bonchev–Trinajstić information content (AvgIpc) is 2.96. The third-order valence-electron chi connectivity index (χ3n) is 2.58. The quantitative estimate of drug-likeness (QED) is 0.694. The largest absolute Gasteiger partial charge is 0.492 e. The second kappa shape index (κ2) is 7.25. The lowest BCUT2D eigenvalue weighted by atomic mass is 10.2. The Labute approximate surface area is 115 Å². The van der Waals surface area contributed by atoms with Crippen LogP contribution in [0.1, 0.15) is 16.2 Å². The molecule has 0 spiro atoms. The number of carbonyl (C=O) groups is 1. The standard InChI is InChI=1S/C13H15N3O4/c17-13(18)10-1-3-11(4-2-10)19-8-7-14-6-5-12-15-9-20-16-12/h1-4,9,14H,5-8H2,(H,17,18). The van der Waals surface area contributed by atoms with Gasteiger partial charge in [-0.05, 0) is 24.3 Å². The van der Waals surface area contributed by atoms with Crippen LogP contribution in [0.4, 0.5) is 0 Å². The molecule has 2 N–H and O–H groups in total. The molecule has 0 radical (unpaired) electrons. The highest BCUT2D eigenvalue weighted by molar-refractivity contribution is 5.87. The van der Waals surface area contributed by atoms with Crippen LogP contribution in [0.2, 0.25) is 0 Å². The minimum absolute atomic E-state index is 0.246. The van der Waals surface area contributed by atoms with Gasteiger partial charge in [-0.2, -0.15) is 4.98 Å². The topological polar surface area (TPSA) is 97.5 Å². The maximum atomic E-state index is 10.7. The van der Waals surface area contributed by atoms with Crippen LogP contribution >= 0.6 is 0 Å². The van der Waals surface area contributed by atoms with Gasteiger partial charge in [-0.15, -0.1) is 0 Å². The summed E-state index contributed by atoms with van der Waals surface area (Å²) in [6.07, 6.45) is 2.00. The van der Waals surface area contributed by atoms with Gasteiger partial charge in [0.25, 0.3) is 0 Å². The lowest BCUT2D eigenvalue weighted by molar-refractivity contribution is 0.0697. The molecular formula is C13H15N3O4. The Bertz CT molecular complexity index is 525. The van der Waals surface area contributed by atoms with E-state index in [1.807, 2.05) is 0 Å². The van der Waals surface area contributed by atoms with Crippen LogP contribution in [0.5, 0.6) is 5.75 Å². The van der Waals surface area contributed by atoms with Crippen molar-refractivity contribution in [2.75, 3.05) is 19.7 Å². The summed E-state index contributed by atoms with van der Waals surface area (Å²) >= 11 is 0. The van der Waals surface area contributed by atoms with E-state index in [-0.39, 0.29) is 5.56 Å². The SMILES string of the molecule is O=C(O)c1ccc(OCCNCCc2ncon2)cc1.